The fraction of sp³-hybridized carbons (Fsp3) is 0.417. The van der Waals surface area contributed by atoms with E-state index in [4.69, 9.17) is 4.74 Å². The Balaban J connectivity index is 1.40. The summed E-state index contributed by atoms with van der Waals surface area (Å²) in [6, 6.07) is 12.1. The van der Waals surface area contributed by atoms with E-state index in [1.165, 1.54) is 11.2 Å². The number of ether oxygens (including phenoxy) is 1. The largest absolute Gasteiger partial charge is 0.497 e. The number of piperidine rings is 1. The van der Waals surface area contributed by atoms with Crippen LogP contribution in [-0.2, 0) is 26.0 Å². The number of sulfonamides is 1. The first-order chi connectivity index (χ1) is 15.7. The first-order valence-corrected chi connectivity index (χ1v) is 12.5. The molecule has 2 aromatic carbocycles. The molecule has 1 unspecified atom stereocenters. The molecule has 0 radical (unpaired) electrons. The SMILES string of the molecule is COc1ccc(NC(=O)C2CCN(S(=O)(=O)c3ccc4c(c3)CC(C)N4C(C)=O)CC2)cc1. The Bertz CT molecular complexity index is 1160. The highest BCUT2D eigenvalue weighted by atomic mass is 32.2. The second-order valence-corrected chi connectivity index (χ2v) is 10.6. The van der Waals surface area contributed by atoms with Crippen molar-refractivity contribution in [3.8, 4) is 5.75 Å². The second kappa shape index (κ2) is 9.15. The topological polar surface area (TPSA) is 96.0 Å². The molecule has 8 nitrogen and oxygen atoms in total. The van der Waals surface area contributed by atoms with Gasteiger partial charge in [0, 0.05) is 43.3 Å². The molecule has 1 saturated heterocycles. The molecular weight excluding hydrogens is 442 g/mol. The summed E-state index contributed by atoms with van der Waals surface area (Å²) in [6.45, 7) is 4.05. The van der Waals surface area contributed by atoms with Gasteiger partial charge in [0.2, 0.25) is 21.8 Å². The van der Waals surface area contributed by atoms with Crippen molar-refractivity contribution in [2.45, 2.75) is 44.0 Å². The number of rotatable bonds is 5. The van der Waals surface area contributed by atoms with Crippen LogP contribution in [0.1, 0.15) is 32.3 Å². The van der Waals surface area contributed by atoms with E-state index < -0.39 is 10.0 Å². The third kappa shape index (κ3) is 4.60. The molecular formula is C24H29N3O5S. The fourth-order valence-electron chi connectivity index (χ4n) is 4.67. The number of fused-ring (bicyclic) bond motifs is 1. The Morgan fingerprint density at radius 1 is 1.06 bits per heavy atom. The van der Waals surface area contributed by atoms with Gasteiger partial charge in [0.05, 0.1) is 12.0 Å². The first-order valence-electron chi connectivity index (χ1n) is 11.1. The van der Waals surface area contributed by atoms with Crippen LogP contribution in [0.2, 0.25) is 0 Å². The van der Waals surface area contributed by atoms with Crippen molar-refractivity contribution in [2.24, 2.45) is 5.92 Å². The van der Waals surface area contributed by atoms with Crippen molar-refractivity contribution in [3.05, 3.63) is 48.0 Å². The molecule has 9 heteroatoms. The molecule has 2 aliphatic rings. The van der Waals surface area contributed by atoms with E-state index in [1.807, 2.05) is 6.92 Å². The molecule has 33 heavy (non-hydrogen) atoms. The highest BCUT2D eigenvalue weighted by Gasteiger charge is 2.34. The summed E-state index contributed by atoms with van der Waals surface area (Å²) >= 11 is 0. The van der Waals surface area contributed by atoms with Gasteiger partial charge < -0.3 is 15.0 Å². The average Bonchev–Trinajstić information content (AvgIpc) is 3.14. The number of nitrogens with zero attached hydrogens (tertiary/aromatic N) is 2. The Morgan fingerprint density at radius 3 is 2.33 bits per heavy atom. The molecule has 0 aliphatic carbocycles. The maximum Gasteiger partial charge on any atom is 0.243 e. The van der Waals surface area contributed by atoms with Crippen molar-refractivity contribution in [1.82, 2.24) is 4.31 Å². The van der Waals surface area contributed by atoms with Crippen LogP contribution in [0.15, 0.2) is 47.4 Å². The van der Waals surface area contributed by atoms with Gasteiger partial charge in [-0.2, -0.15) is 4.31 Å². The van der Waals surface area contributed by atoms with Crippen LogP contribution < -0.4 is 15.0 Å². The molecule has 2 aromatic rings. The number of anilines is 2. The van der Waals surface area contributed by atoms with Gasteiger partial charge in [-0.05, 0) is 74.2 Å². The third-order valence-electron chi connectivity index (χ3n) is 6.43. The van der Waals surface area contributed by atoms with Gasteiger partial charge >= 0.3 is 0 Å². The zero-order chi connectivity index (χ0) is 23.8. The predicted octanol–water partition coefficient (Wildman–Crippen LogP) is 3.03. The lowest BCUT2D eigenvalue weighted by Crippen LogP contribution is -2.41. The number of benzene rings is 2. The summed E-state index contributed by atoms with van der Waals surface area (Å²) in [5.74, 6) is 0.310. The van der Waals surface area contributed by atoms with Gasteiger partial charge in [-0.15, -0.1) is 0 Å². The van der Waals surface area contributed by atoms with E-state index in [9.17, 15) is 18.0 Å². The predicted molar refractivity (Wildman–Crippen MR) is 126 cm³/mol. The third-order valence-corrected chi connectivity index (χ3v) is 8.32. The van der Waals surface area contributed by atoms with E-state index in [0.29, 0.717) is 30.7 Å². The Kier molecular flexibility index (Phi) is 6.45. The van der Waals surface area contributed by atoms with Crippen LogP contribution in [0.4, 0.5) is 11.4 Å². The van der Waals surface area contributed by atoms with E-state index in [-0.39, 0.29) is 41.8 Å². The monoisotopic (exact) mass is 471 g/mol. The molecule has 2 amide bonds. The molecule has 1 N–H and O–H groups in total. The van der Waals surface area contributed by atoms with Crippen LogP contribution in [-0.4, -0.2) is 50.8 Å². The van der Waals surface area contributed by atoms with Crippen molar-refractivity contribution < 1.29 is 22.7 Å². The highest BCUT2D eigenvalue weighted by Crippen LogP contribution is 2.35. The van der Waals surface area contributed by atoms with Gasteiger partial charge in [0.15, 0.2) is 0 Å². The maximum absolute atomic E-state index is 13.2. The maximum atomic E-state index is 13.2. The molecule has 0 saturated carbocycles. The summed E-state index contributed by atoms with van der Waals surface area (Å²) in [7, 11) is -2.09. The lowest BCUT2D eigenvalue weighted by molar-refractivity contribution is -0.121. The molecule has 176 valence electrons. The van der Waals surface area contributed by atoms with Crippen LogP contribution in [0.3, 0.4) is 0 Å². The number of carbonyl (C=O) groups is 2. The van der Waals surface area contributed by atoms with Crippen LogP contribution in [0.25, 0.3) is 0 Å². The number of amides is 2. The number of hydrogen-bond acceptors (Lipinski definition) is 5. The normalized spacial score (nSPS) is 19.2. The Hall–Kier alpha value is -2.91. The summed E-state index contributed by atoms with van der Waals surface area (Å²) in [6.07, 6.45) is 1.55. The van der Waals surface area contributed by atoms with Gasteiger partial charge in [0.25, 0.3) is 0 Å². The van der Waals surface area contributed by atoms with E-state index >= 15 is 0 Å². The van der Waals surface area contributed by atoms with Crippen molar-refractivity contribution in [1.29, 1.82) is 0 Å². The van der Waals surface area contributed by atoms with E-state index in [0.717, 1.165) is 11.3 Å². The Labute approximate surface area is 194 Å². The van der Waals surface area contributed by atoms with E-state index in [1.54, 1.807) is 54.5 Å². The van der Waals surface area contributed by atoms with Crippen LogP contribution in [0.5, 0.6) is 5.75 Å². The van der Waals surface area contributed by atoms with Crippen molar-refractivity contribution >= 4 is 33.2 Å². The fourth-order valence-corrected chi connectivity index (χ4v) is 6.19. The average molecular weight is 472 g/mol. The zero-order valence-corrected chi connectivity index (χ0v) is 19.9. The van der Waals surface area contributed by atoms with Crippen molar-refractivity contribution in [3.63, 3.8) is 0 Å². The van der Waals surface area contributed by atoms with E-state index in [2.05, 4.69) is 5.32 Å². The minimum Gasteiger partial charge on any atom is -0.497 e. The highest BCUT2D eigenvalue weighted by molar-refractivity contribution is 7.89. The first kappa shape index (κ1) is 23.3. The lowest BCUT2D eigenvalue weighted by Gasteiger charge is -2.30. The number of carbonyl (C=O) groups excluding carboxylic acids is 2. The standard InChI is InChI=1S/C24H29N3O5S/c1-16-14-19-15-22(8-9-23(19)27(16)17(2)28)33(30,31)26-12-10-18(11-13-26)24(29)25-20-4-6-21(32-3)7-5-20/h4-9,15-16,18H,10-14H2,1-3H3,(H,25,29). The molecule has 0 spiro atoms. The van der Waals surface area contributed by atoms with Crippen LogP contribution >= 0.6 is 0 Å². The van der Waals surface area contributed by atoms with Gasteiger partial charge in [-0.1, -0.05) is 0 Å². The minimum absolute atomic E-state index is 0.00964. The van der Waals surface area contributed by atoms with Gasteiger partial charge in [0.1, 0.15) is 5.75 Å². The molecule has 4 rings (SSSR count). The summed E-state index contributed by atoms with van der Waals surface area (Å²) in [5, 5.41) is 2.90. The van der Waals surface area contributed by atoms with Crippen LogP contribution in [0, 0.1) is 5.92 Å². The zero-order valence-electron chi connectivity index (χ0n) is 19.1. The quantitative estimate of drug-likeness (QED) is 0.723. The van der Waals surface area contributed by atoms with Gasteiger partial charge in [-0.25, -0.2) is 8.42 Å². The summed E-state index contributed by atoms with van der Waals surface area (Å²) < 4.78 is 33.1. The smallest absolute Gasteiger partial charge is 0.243 e. The number of nitrogens with one attached hydrogen (secondary N) is 1. The summed E-state index contributed by atoms with van der Waals surface area (Å²) in [4.78, 5) is 26.5. The molecule has 1 fully saturated rings. The lowest BCUT2D eigenvalue weighted by atomic mass is 9.97. The minimum atomic E-state index is -3.67. The molecule has 0 bridgehead atoms. The van der Waals surface area contributed by atoms with Crippen molar-refractivity contribution in [2.75, 3.05) is 30.4 Å². The number of methoxy groups -OCH3 is 1. The Morgan fingerprint density at radius 2 is 1.73 bits per heavy atom. The molecule has 2 aliphatic heterocycles. The molecule has 1 atom stereocenters. The van der Waals surface area contributed by atoms with Gasteiger partial charge in [-0.3, -0.25) is 9.59 Å². The molecule has 0 aromatic heterocycles. The second-order valence-electron chi connectivity index (χ2n) is 8.63. The molecule has 2 heterocycles. The number of hydrogen-bond donors (Lipinski definition) is 1. The summed E-state index contributed by atoms with van der Waals surface area (Å²) in [5.41, 5.74) is 2.33.